The number of Topliss-reactive ketones (excluding diaryl/α,β-unsaturated/α-hetero) is 1. The number of rotatable bonds is 6. The maximum absolute atomic E-state index is 13.3. The van der Waals surface area contributed by atoms with E-state index in [1.54, 1.807) is 18.1 Å². The van der Waals surface area contributed by atoms with Crippen molar-refractivity contribution in [1.29, 1.82) is 0 Å². The van der Waals surface area contributed by atoms with Gasteiger partial charge in [0, 0.05) is 32.2 Å². The molecule has 2 heterocycles. The van der Waals surface area contributed by atoms with E-state index in [1.807, 2.05) is 61.5 Å². The van der Waals surface area contributed by atoms with E-state index in [-0.39, 0.29) is 17.4 Å². The van der Waals surface area contributed by atoms with Crippen LogP contribution in [0, 0.1) is 0 Å². The number of carbonyl (C=O) groups is 2. The van der Waals surface area contributed by atoms with Gasteiger partial charge in [0.2, 0.25) is 0 Å². The number of nitrogens with zero attached hydrogens (tertiary/aromatic N) is 1. The summed E-state index contributed by atoms with van der Waals surface area (Å²) >= 11 is 0. The lowest BCUT2D eigenvalue weighted by molar-refractivity contribution is -0.140. The van der Waals surface area contributed by atoms with E-state index in [4.69, 9.17) is 9.47 Å². The molecule has 1 fully saturated rings. The van der Waals surface area contributed by atoms with Crippen molar-refractivity contribution < 1.29 is 24.2 Å². The van der Waals surface area contributed by atoms with E-state index >= 15 is 0 Å². The van der Waals surface area contributed by atoms with Crippen LogP contribution in [0.25, 0.3) is 16.5 Å². The van der Waals surface area contributed by atoms with Crippen molar-refractivity contribution >= 4 is 28.2 Å². The van der Waals surface area contributed by atoms with Gasteiger partial charge in [0.15, 0.2) is 0 Å². The molecule has 6 nitrogen and oxygen atoms in total. The molecule has 3 aromatic carbocycles. The van der Waals surface area contributed by atoms with Gasteiger partial charge in [0.05, 0.1) is 11.6 Å². The third-order valence-electron chi connectivity index (χ3n) is 6.57. The molecule has 34 heavy (non-hydrogen) atoms. The summed E-state index contributed by atoms with van der Waals surface area (Å²) in [5, 5.41) is 13.4. The fraction of sp³-hybridized carbons (Fsp3) is 0.286. The second kappa shape index (κ2) is 8.95. The van der Waals surface area contributed by atoms with Gasteiger partial charge < -0.3 is 19.5 Å². The normalized spacial score (nSPS) is 21.2. The molecule has 2 aliphatic heterocycles. The Labute approximate surface area is 198 Å². The SMILES string of the molecule is COCCCN1C(=O)C(=O)C(=C(O)c2ccc3c(c2)C[C@@H](C)O3)[C@@H]1c1cccc2ccccc12. The van der Waals surface area contributed by atoms with E-state index in [2.05, 4.69) is 0 Å². The molecule has 0 radical (unpaired) electrons. The predicted octanol–water partition coefficient (Wildman–Crippen LogP) is 4.62. The first-order valence-corrected chi connectivity index (χ1v) is 11.5. The van der Waals surface area contributed by atoms with E-state index in [9.17, 15) is 14.7 Å². The van der Waals surface area contributed by atoms with Gasteiger partial charge in [0.1, 0.15) is 17.6 Å². The number of carbonyl (C=O) groups excluding carboxylic acids is 2. The molecule has 1 saturated heterocycles. The summed E-state index contributed by atoms with van der Waals surface area (Å²) < 4.78 is 11.0. The van der Waals surface area contributed by atoms with Crippen molar-refractivity contribution in [3.05, 3.63) is 82.9 Å². The number of likely N-dealkylation sites (tertiary alicyclic amines) is 1. The van der Waals surface area contributed by atoms with Crippen LogP contribution in [0.3, 0.4) is 0 Å². The number of ketones is 1. The van der Waals surface area contributed by atoms with Crippen molar-refractivity contribution in [2.45, 2.75) is 31.9 Å². The highest BCUT2D eigenvalue weighted by Gasteiger charge is 2.46. The largest absolute Gasteiger partial charge is 0.507 e. The highest BCUT2D eigenvalue weighted by atomic mass is 16.5. The molecule has 0 aromatic heterocycles. The lowest BCUT2D eigenvalue weighted by Gasteiger charge is -2.26. The molecular formula is C28H27NO5. The van der Waals surface area contributed by atoms with Gasteiger partial charge >= 0.3 is 0 Å². The number of benzene rings is 3. The van der Waals surface area contributed by atoms with Crippen LogP contribution in [-0.4, -0.2) is 48.1 Å². The lowest BCUT2D eigenvalue weighted by Crippen LogP contribution is -2.31. The minimum Gasteiger partial charge on any atom is -0.507 e. The summed E-state index contributed by atoms with van der Waals surface area (Å²) in [6.45, 7) is 2.80. The van der Waals surface area contributed by atoms with Crippen molar-refractivity contribution in [1.82, 2.24) is 4.90 Å². The maximum Gasteiger partial charge on any atom is 0.295 e. The molecule has 1 N–H and O–H groups in total. The molecule has 174 valence electrons. The van der Waals surface area contributed by atoms with Crippen LogP contribution in [0.5, 0.6) is 5.75 Å². The van der Waals surface area contributed by atoms with Crippen molar-refractivity contribution in [3.63, 3.8) is 0 Å². The van der Waals surface area contributed by atoms with Gasteiger partial charge in [0.25, 0.3) is 11.7 Å². The molecule has 0 unspecified atom stereocenters. The van der Waals surface area contributed by atoms with Crippen LogP contribution in [0.2, 0.25) is 0 Å². The van der Waals surface area contributed by atoms with E-state index in [0.717, 1.165) is 34.1 Å². The Morgan fingerprint density at radius 2 is 1.91 bits per heavy atom. The smallest absolute Gasteiger partial charge is 0.295 e. The van der Waals surface area contributed by atoms with Crippen LogP contribution >= 0.6 is 0 Å². The fourth-order valence-electron chi connectivity index (χ4n) is 5.03. The average Bonchev–Trinajstić information content (AvgIpc) is 3.34. The molecule has 2 atom stereocenters. The van der Waals surface area contributed by atoms with Crippen molar-refractivity contribution in [2.75, 3.05) is 20.3 Å². The number of methoxy groups -OCH3 is 1. The van der Waals surface area contributed by atoms with E-state index < -0.39 is 17.7 Å². The minimum absolute atomic E-state index is 0.0643. The number of ether oxygens (including phenoxy) is 2. The summed E-state index contributed by atoms with van der Waals surface area (Å²) in [5.74, 6) is -0.644. The third kappa shape index (κ3) is 3.74. The van der Waals surface area contributed by atoms with Crippen molar-refractivity contribution in [3.8, 4) is 5.75 Å². The second-order valence-electron chi connectivity index (χ2n) is 8.86. The summed E-state index contributed by atoms with van der Waals surface area (Å²) in [5.41, 5.74) is 2.42. The van der Waals surface area contributed by atoms with Gasteiger partial charge in [-0.25, -0.2) is 0 Å². The first-order chi connectivity index (χ1) is 16.5. The summed E-state index contributed by atoms with van der Waals surface area (Å²) in [4.78, 5) is 28.0. The maximum atomic E-state index is 13.3. The van der Waals surface area contributed by atoms with Crippen LogP contribution in [-0.2, 0) is 20.7 Å². The Morgan fingerprint density at radius 3 is 2.74 bits per heavy atom. The summed E-state index contributed by atoms with van der Waals surface area (Å²) in [6, 6.07) is 18.4. The molecule has 0 bridgehead atoms. The van der Waals surface area contributed by atoms with Gasteiger partial charge in [-0.05, 0) is 53.4 Å². The second-order valence-corrected chi connectivity index (χ2v) is 8.86. The number of aliphatic hydroxyl groups excluding tert-OH is 1. The Hall–Kier alpha value is -3.64. The van der Waals surface area contributed by atoms with Gasteiger partial charge in [-0.3, -0.25) is 9.59 Å². The highest BCUT2D eigenvalue weighted by Crippen LogP contribution is 2.42. The van der Waals surface area contributed by atoms with Gasteiger partial charge in [-0.15, -0.1) is 0 Å². The molecule has 6 heteroatoms. The van der Waals surface area contributed by atoms with Crippen LogP contribution in [0.15, 0.2) is 66.2 Å². The first-order valence-electron chi connectivity index (χ1n) is 11.5. The zero-order valence-electron chi connectivity index (χ0n) is 19.3. The Bertz CT molecular complexity index is 1310. The highest BCUT2D eigenvalue weighted by molar-refractivity contribution is 6.46. The molecule has 0 spiro atoms. The minimum atomic E-state index is -0.689. The topological polar surface area (TPSA) is 76.1 Å². The number of hydrogen-bond donors (Lipinski definition) is 1. The monoisotopic (exact) mass is 457 g/mol. The van der Waals surface area contributed by atoms with Crippen LogP contribution in [0.4, 0.5) is 0 Å². The predicted molar refractivity (Wildman–Crippen MR) is 130 cm³/mol. The summed E-state index contributed by atoms with van der Waals surface area (Å²) in [7, 11) is 1.61. The zero-order valence-corrected chi connectivity index (χ0v) is 19.3. The van der Waals surface area contributed by atoms with E-state index in [1.165, 1.54) is 0 Å². The zero-order chi connectivity index (χ0) is 23.8. The lowest BCUT2D eigenvalue weighted by atomic mass is 9.91. The molecule has 0 aliphatic carbocycles. The average molecular weight is 458 g/mol. The first kappa shape index (κ1) is 22.2. The number of fused-ring (bicyclic) bond motifs is 2. The number of amides is 1. The van der Waals surface area contributed by atoms with Crippen molar-refractivity contribution in [2.24, 2.45) is 0 Å². The molecule has 5 rings (SSSR count). The molecule has 2 aliphatic rings. The van der Waals surface area contributed by atoms with Crippen LogP contribution < -0.4 is 4.74 Å². The standard InChI is InChI=1S/C28H27NO5/c1-17-15-20-16-19(11-12-23(20)34-17)26(30)24-25(29(13-6-14-33-2)28(32)27(24)31)22-10-5-8-18-7-3-4-9-21(18)22/h3-5,7-12,16-17,25,30H,6,13-15H2,1-2H3/t17-,25+/m1/s1. The Balaban J connectivity index is 1.67. The fourth-order valence-corrected chi connectivity index (χ4v) is 5.03. The molecule has 3 aromatic rings. The van der Waals surface area contributed by atoms with E-state index in [0.29, 0.717) is 25.1 Å². The molecular weight excluding hydrogens is 430 g/mol. The Kier molecular flexibility index (Phi) is 5.84. The van der Waals surface area contributed by atoms with Gasteiger partial charge in [-0.1, -0.05) is 42.5 Å². The Morgan fingerprint density at radius 1 is 1.12 bits per heavy atom. The third-order valence-corrected chi connectivity index (χ3v) is 6.57. The van der Waals surface area contributed by atoms with Crippen LogP contribution in [0.1, 0.15) is 36.1 Å². The molecule has 1 amide bonds. The van der Waals surface area contributed by atoms with Gasteiger partial charge in [-0.2, -0.15) is 0 Å². The quantitative estimate of drug-likeness (QED) is 0.253. The molecule has 0 saturated carbocycles. The summed E-state index contributed by atoms with van der Waals surface area (Å²) in [6.07, 6.45) is 1.38. The number of hydrogen-bond acceptors (Lipinski definition) is 5. The number of aliphatic hydroxyl groups is 1.